The second kappa shape index (κ2) is 12.1. The van der Waals surface area contributed by atoms with Gasteiger partial charge in [-0.3, -0.25) is 0 Å². The molecule has 0 amide bonds. The first-order valence-electron chi connectivity index (χ1n) is 17.4. The van der Waals surface area contributed by atoms with E-state index in [-0.39, 0.29) is 0 Å². The summed E-state index contributed by atoms with van der Waals surface area (Å²) in [5.74, 6) is 0. The van der Waals surface area contributed by atoms with E-state index in [1.165, 1.54) is 66.4 Å². The van der Waals surface area contributed by atoms with Crippen LogP contribution in [0.25, 0.3) is 33.0 Å². The molecule has 0 atom stereocenters. The Balaban J connectivity index is 1.32. The van der Waals surface area contributed by atoms with Gasteiger partial charge in [0, 0.05) is 17.1 Å². The number of hydrogen-bond donors (Lipinski definition) is 0. The van der Waals surface area contributed by atoms with Crippen LogP contribution in [0, 0.1) is 13.8 Å². The third kappa shape index (κ3) is 4.62. The molecule has 0 spiro atoms. The Kier molecular flexibility index (Phi) is 7.21. The maximum atomic E-state index is 2.46. The van der Waals surface area contributed by atoms with Crippen molar-refractivity contribution in [1.29, 1.82) is 0 Å². The smallest absolute Gasteiger partial charge is 0.0720 e. The maximum Gasteiger partial charge on any atom is 0.0720 e. The van der Waals surface area contributed by atoms with Crippen molar-refractivity contribution in [2.24, 2.45) is 0 Å². The van der Waals surface area contributed by atoms with Crippen LogP contribution in [0.4, 0.5) is 17.1 Å². The van der Waals surface area contributed by atoms with Gasteiger partial charge in [-0.1, -0.05) is 152 Å². The van der Waals surface area contributed by atoms with Crippen molar-refractivity contribution in [3.63, 3.8) is 0 Å². The molecule has 0 N–H and O–H groups in total. The summed E-state index contributed by atoms with van der Waals surface area (Å²) in [6.45, 7) is 4.42. The predicted octanol–water partition coefficient (Wildman–Crippen LogP) is 13.0. The van der Waals surface area contributed by atoms with E-state index in [9.17, 15) is 0 Å². The van der Waals surface area contributed by atoms with E-state index in [0.717, 1.165) is 17.1 Å². The standard InChI is InChI=1S/C49H37N/c1-34-16-12-14-24-42(34)43-30-27-40(32-35(43)2)50(39-22-10-5-11-23-39)41-28-31-45-46-29-26-36-17-13-15-25-44(36)48(46)49(47(45)33-41,37-18-6-3-7-19-37)38-20-8-4-9-21-38/h3-33H,1-2H3. The number of anilines is 3. The number of nitrogens with zero attached hydrogens (tertiary/aromatic N) is 1. The number of para-hydroxylation sites is 1. The monoisotopic (exact) mass is 639 g/mol. The SMILES string of the molecule is Cc1ccccc1-c1ccc(N(c2ccccc2)c2ccc3c(c2)C(c2ccccc2)(c2ccccc2)c2c-3ccc3ccccc23)cc1C. The van der Waals surface area contributed by atoms with Gasteiger partial charge in [-0.25, -0.2) is 0 Å². The Morgan fingerprint density at radius 3 is 1.60 bits per heavy atom. The van der Waals surface area contributed by atoms with Gasteiger partial charge in [-0.05, 0) is 117 Å². The van der Waals surface area contributed by atoms with Gasteiger partial charge in [0.15, 0.2) is 0 Å². The third-order valence-electron chi connectivity index (χ3n) is 10.6. The number of fused-ring (bicyclic) bond motifs is 5. The van der Waals surface area contributed by atoms with Crippen molar-refractivity contribution in [3.05, 3.63) is 221 Å². The van der Waals surface area contributed by atoms with Gasteiger partial charge in [0.2, 0.25) is 0 Å². The Bertz CT molecular complexity index is 2460. The summed E-state index contributed by atoms with van der Waals surface area (Å²) in [7, 11) is 0. The van der Waals surface area contributed by atoms with Crippen LogP contribution in [-0.2, 0) is 5.41 Å². The molecule has 0 fully saturated rings. The quantitative estimate of drug-likeness (QED) is 0.175. The van der Waals surface area contributed by atoms with Crippen LogP contribution in [0.1, 0.15) is 33.4 Å². The molecule has 0 bridgehead atoms. The van der Waals surface area contributed by atoms with E-state index >= 15 is 0 Å². The molecule has 0 saturated carbocycles. The fourth-order valence-electron chi connectivity index (χ4n) is 8.38. The van der Waals surface area contributed by atoms with E-state index in [1.807, 2.05) is 0 Å². The average molecular weight is 640 g/mol. The molecular formula is C49H37N. The minimum Gasteiger partial charge on any atom is -0.310 e. The summed E-state index contributed by atoms with van der Waals surface area (Å²) in [4.78, 5) is 2.41. The summed E-state index contributed by atoms with van der Waals surface area (Å²) >= 11 is 0. The van der Waals surface area contributed by atoms with E-state index < -0.39 is 5.41 Å². The summed E-state index contributed by atoms with van der Waals surface area (Å²) in [5, 5.41) is 2.54. The topological polar surface area (TPSA) is 3.24 Å². The van der Waals surface area contributed by atoms with Crippen LogP contribution in [0.15, 0.2) is 188 Å². The van der Waals surface area contributed by atoms with Gasteiger partial charge >= 0.3 is 0 Å². The Morgan fingerprint density at radius 2 is 0.920 bits per heavy atom. The lowest BCUT2D eigenvalue weighted by molar-refractivity contribution is 0.775. The van der Waals surface area contributed by atoms with Crippen LogP contribution in [0.5, 0.6) is 0 Å². The van der Waals surface area contributed by atoms with Crippen molar-refractivity contribution >= 4 is 27.8 Å². The number of aryl methyl sites for hydroxylation is 2. The number of rotatable bonds is 6. The van der Waals surface area contributed by atoms with Gasteiger partial charge in [-0.15, -0.1) is 0 Å². The lowest BCUT2D eigenvalue weighted by atomic mass is 9.66. The molecule has 50 heavy (non-hydrogen) atoms. The summed E-state index contributed by atoms with van der Waals surface area (Å²) in [6, 6.07) is 69.2. The van der Waals surface area contributed by atoms with Crippen molar-refractivity contribution in [2.45, 2.75) is 19.3 Å². The zero-order valence-electron chi connectivity index (χ0n) is 28.3. The van der Waals surface area contributed by atoms with E-state index in [4.69, 9.17) is 0 Å². The van der Waals surface area contributed by atoms with Gasteiger partial charge in [0.05, 0.1) is 5.41 Å². The molecule has 0 saturated heterocycles. The lowest BCUT2D eigenvalue weighted by Gasteiger charge is -2.35. The molecule has 0 aromatic heterocycles. The van der Waals surface area contributed by atoms with Gasteiger partial charge in [-0.2, -0.15) is 0 Å². The van der Waals surface area contributed by atoms with E-state index in [2.05, 4.69) is 207 Å². The van der Waals surface area contributed by atoms with Crippen LogP contribution in [-0.4, -0.2) is 0 Å². The molecule has 238 valence electrons. The van der Waals surface area contributed by atoms with Gasteiger partial charge in [0.25, 0.3) is 0 Å². The molecular weight excluding hydrogens is 603 g/mol. The first-order chi connectivity index (χ1) is 24.6. The van der Waals surface area contributed by atoms with E-state index in [1.54, 1.807) is 0 Å². The number of benzene rings is 8. The number of hydrogen-bond acceptors (Lipinski definition) is 1. The Morgan fingerprint density at radius 1 is 0.380 bits per heavy atom. The molecule has 0 radical (unpaired) electrons. The molecule has 1 aliphatic carbocycles. The molecule has 9 rings (SSSR count). The molecule has 0 unspecified atom stereocenters. The zero-order valence-corrected chi connectivity index (χ0v) is 28.3. The second-order valence-corrected chi connectivity index (χ2v) is 13.4. The predicted molar refractivity (Wildman–Crippen MR) is 211 cm³/mol. The fraction of sp³-hybridized carbons (Fsp3) is 0.0612. The Hall–Kier alpha value is -6.18. The van der Waals surface area contributed by atoms with Gasteiger partial charge in [0.1, 0.15) is 0 Å². The van der Waals surface area contributed by atoms with Crippen LogP contribution in [0.2, 0.25) is 0 Å². The first-order valence-corrected chi connectivity index (χ1v) is 17.4. The second-order valence-electron chi connectivity index (χ2n) is 13.4. The largest absolute Gasteiger partial charge is 0.310 e. The molecule has 1 heteroatoms. The minimum absolute atomic E-state index is 0.517. The van der Waals surface area contributed by atoms with Crippen molar-refractivity contribution in [2.75, 3.05) is 4.90 Å². The molecule has 1 aliphatic rings. The normalized spacial score (nSPS) is 12.8. The van der Waals surface area contributed by atoms with Crippen molar-refractivity contribution in [3.8, 4) is 22.3 Å². The maximum absolute atomic E-state index is 2.46. The van der Waals surface area contributed by atoms with E-state index in [0.29, 0.717) is 0 Å². The zero-order chi connectivity index (χ0) is 33.7. The van der Waals surface area contributed by atoms with Crippen LogP contribution in [0.3, 0.4) is 0 Å². The highest BCUT2D eigenvalue weighted by Gasteiger charge is 2.47. The van der Waals surface area contributed by atoms with Crippen molar-refractivity contribution in [1.82, 2.24) is 0 Å². The van der Waals surface area contributed by atoms with Crippen LogP contribution < -0.4 is 4.90 Å². The fourth-order valence-corrected chi connectivity index (χ4v) is 8.38. The Labute approximate surface area is 294 Å². The average Bonchev–Trinajstić information content (AvgIpc) is 3.47. The molecule has 8 aromatic carbocycles. The highest BCUT2D eigenvalue weighted by atomic mass is 15.1. The highest BCUT2D eigenvalue weighted by molar-refractivity contribution is 6.01. The molecule has 0 aliphatic heterocycles. The summed E-state index contributed by atoms with van der Waals surface area (Å²) in [5.41, 5.74) is 15.7. The summed E-state index contributed by atoms with van der Waals surface area (Å²) < 4.78 is 0. The molecule has 8 aromatic rings. The highest BCUT2D eigenvalue weighted by Crippen LogP contribution is 2.59. The summed E-state index contributed by atoms with van der Waals surface area (Å²) in [6.07, 6.45) is 0. The van der Waals surface area contributed by atoms with Crippen molar-refractivity contribution < 1.29 is 0 Å². The molecule has 1 nitrogen and oxygen atoms in total. The van der Waals surface area contributed by atoms with Gasteiger partial charge < -0.3 is 4.90 Å². The third-order valence-corrected chi connectivity index (χ3v) is 10.6. The first kappa shape index (κ1) is 29.9. The molecule has 0 heterocycles. The lowest BCUT2D eigenvalue weighted by Crippen LogP contribution is -2.29. The van der Waals surface area contributed by atoms with Crippen LogP contribution >= 0.6 is 0 Å². The minimum atomic E-state index is -0.517.